The van der Waals surface area contributed by atoms with Crippen LogP contribution in [-0.4, -0.2) is 0 Å². The molecule has 0 bridgehead atoms. The molecule has 1 nitrogen and oxygen atoms in total. The van der Waals surface area contributed by atoms with Gasteiger partial charge in [-0.05, 0) is 31.0 Å². The van der Waals surface area contributed by atoms with Gasteiger partial charge in [-0.1, -0.05) is 35.7 Å². The molecular formula is C12H18BrClFN. The SMILES string of the molecule is CCCC[C@H](N)c1cc(Br)cc(C)c1F.Cl. The number of aryl methyl sites for hydroxylation is 1. The molecule has 1 rings (SSSR count). The first-order valence-electron chi connectivity index (χ1n) is 5.27. The Morgan fingerprint density at radius 1 is 1.44 bits per heavy atom. The van der Waals surface area contributed by atoms with E-state index in [0.29, 0.717) is 11.1 Å². The standard InChI is InChI=1S/C12H17BrFN.ClH/c1-3-4-5-11(15)10-7-9(13)6-8(2)12(10)14;/h6-7,11H,3-5,15H2,1-2H3;1H/t11-;/m0./s1. The molecule has 92 valence electrons. The maximum Gasteiger partial charge on any atom is 0.130 e. The van der Waals surface area contributed by atoms with E-state index >= 15 is 0 Å². The smallest absolute Gasteiger partial charge is 0.130 e. The van der Waals surface area contributed by atoms with Crippen LogP contribution in [-0.2, 0) is 0 Å². The van der Waals surface area contributed by atoms with E-state index in [9.17, 15) is 4.39 Å². The first-order chi connectivity index (χ1) is 7.06. The zero-order valence-electron chi connectivity index (χ0n) is 9.59. The minimum absolute atomic E-state index is 0. The van der Waals surface area contributed by atoms with Gasteiger partial charge in [-0.2, -0.15) is 0 Å². The van der Waals surface area contributed by atoms with E-state index in [-0.39, 0.29) is 24.3 Å². The largest absolute Gasteiger partial charge is 0.324 e. The number of hydrogen-bond acceptors (Lipinski definition) is 1. The van der Waals surface area contributed by atoms with Crippen molar-refractivity contribution in [1.82, 2.24) is 0 Å². The molecule has 0 saturated heterocycles. The second-order valence-electron chi connectivity index (χ2n) is 3.87. The first kappa shape index (κ1) is 15.9. The summed E-state index contributed by atoms with van der Waals surface area (Å²) in [5, 5.41) is 0. The molecule has 0 heterocycles. The lowest BCUT2D eigenvalue weighted by Crippen LogP contribution is -2.12. The summed E-state index contributed by atoms with van der Waals surface area (Å²) >= 11 is 3.36. The highest BCUT2D eigenvalue weighted by molar-refractivity contribution is 9.10. The van der Waals surface area contributed by atoms with Crippen molar-refractivity contribution in [2.45, 2.75) is 39.2 Å². The van der Waals surface area contributed by atoms with Gasteiger partial charge in [-0.15, -0.1) is 12.4 Å². The monoisotopic (exact) mass is 309 g/mol. The number of halogens is 3. The van der Waals surface area contributed by atoms with E-state index < -0.39 is 0 Å². The summed E-state index contributed by atoms with van der Waals surface area (Å²) in [5.74, 6) is -0.165. The Kier molecular flexibility index (Phi) is 7.20. The van der Waals surface area contributed by atoms with Crippen LogP contribution < -0.4 is 5.73 Å². The molecule has 0 saturated carbocycles. The van der Waals surface area contributed by atoms with E-state index in [1.807, 2.05) is 0 Å². The van der Waals surface area contributed by atoms with Gasteiger partial charge >= 0.3 is 0 Å². The molecule has 16 heavy (non-hydrogen) atoms. The molecule has 0 aliphatic carbocycles. The summed E-state index contributed by atoms with van der Waals surface area (Å²) in [4.78, 5) is 0. The van der Waals surface area contributed by atoms with Gasteiger partial charge in [0.15, 0.2) is 0 Å². The molecule has 0 aliphatic heterocycles. The van der Waals surface area contributed by atoms with Crippen LogP contribution in [0.15, 0.2) is 16.6 Å². The minimum atomic E-state index is -0.193. The zero-order chi connectivity index (χ0) is 11.4. The molecule has 0 fully saturated rings. The predicted octanol–water partition coefficient (Wildman–Crippen LogP) is 4.51. The van der Waals surface area contributed by atoms with Gasteiger partial charge in [0.2, 0.25) is 0 Å². The highest BCUT2D eigenvalue weighted by atomic mass is 79.9. The van der Waals surface area contributed by atoms with E-state index in [2.05, 4.69) is 22.9 Å². The fourth-order valence-corrected chi connectivity index (χ4v) is 2.19. The predicted molar refractivity (Wildman–Crippen MR) is 72.5 cm³/mol. The topological polar surface area (TPSA) is 26.0 Å². The summed E-state index contributed by atoms with van der Waals surface area (Å²) in [5.41, 5.74) is 7.22. The molecule has 0 unspecified atom stereocenters. The molecule has 0 radical (unpaired) electrons. The molecule has 0 aliphatic rings. The zero-order valence-corrected chi connectivity index (χ0v) is 12.0. The van der Waals surface area contributed by atoms with Gasteiger partial charge in [-0.3, -0.25) is 0 Å². The molecule has 0 spiro atoms. The van der Waals surface area contributed by atoms with Crippen molar-refractivity contribution in [3.05, 3.63) is 33.5 Å². The maximum atomic E-state index is 13.8. The van der Waals surface area contributed by atoms with Gasteiger partial charge in [-0.25, -0.2) is 4.39 Å². The third kappa shape index (κ3) is 4.04. The van der Waals surface area contributed by atoms with Crippen molar-refractivity contribution in [1.29, 1.82) is 0 Å². The number of benzene rings is 1. The Morgan fingerprint density at radius 3 is 2.62 bits per heavy atom. The van der Waals surface area contributed by atoms with E-state index in [1.165, 1.54) is 0 Å². The van der Waals surface area contributed by atoms with Crippen LogP contribution in [0, 0.1) is 12.7 Å². The summed E-state index contributed by atoms with van der Waals surface area (Å²) in [6, 6.07) is 3.36. The minimum Gasteiger partial charge on any atom is -0.324 e. The molecular weight excluding hydrogens is 292 g/mol. The number of hydrogen-bond donors (Lipinski definition) is 1. The van der Waals surface area contributed by atoms with E-state index in [1.54, 1.807) is 19.1 Å². The molecule has 0 aromatic heterocycles. The van der Waals surface area contributed by atoms with Crippen molar-refractivity contribution >= 4 is 28.3 Å². The van der Waals surface area contributed by atoms with E-state index in [4.69, 9.17) is 5.73 Å². The van der Waals surface area contributed by atoms with Crippen LogP contribution in [0.25, 0.3) is 0 Å². The second-order valence-corrected chi connectivity index (χ2v) is 4.79. The third-order valence-electron chi connectivity index (χ3n) is 2.52. The molecule has 1 aromatic rings. The second kappa shape index (κ2) is 7.25. The lowest BCUT2D eigenvalue weighted by atomic mass is 9.99. The maximum absolute atomic E-state index is 13.8. The summed E-state index contributed by atoms with van der Waals surface area (Å²) in [7, 11) is 0. The number of rotatable bonds is 4. The van der Waals surface area contributed by atoms with Gasteiger partial charge in [0, 0.05) is 16.1 Å². The molecule has 2 N–H and O–H groups in total. The first-order valence-corrected chi connectivity index (χ1v) is 6.06. The average molecular weight is 311 g/mol. The number of nitrogens with two attached hydrogens (primary N) is 1. The van der Waals surface area contributed by atoms with Crippen molar-refractivity contribution in [2.75, 3.05) is 0 Å². The molecule has 0 amide bonds. The van der Waals surface area contributed by atoms with E-state index in [0.717, 1.165) is 23.7 Å². The highest BCUT2D eigenvalue weighted by Gasteiger charge is 2.13. The Hall–Kier alpha value is -0.120. The van der Waals surface area contributed by atoms with Gasteiger partial charge in [0.25, 0.3) is 0 Å². The van der Waals surface area contributed by atoms with Crippen LogP contribution in [0.3, 0.4) is 0 Å². The van der Waals surface area contributed by atoms with Crippen molar-refractivity contribution in [3.8, 4) is 0 Å². The number of unbranched alkanes of at least 4 members (excludes halogenated alkanes) is 1. The van der Waals surface area contributed by atoms with Crippen LogP contribution in [0.4, 0.5) is 4.39 Å². The van der Waals surface area contributed by atoms with Crippen molar-refractivity contribution < 1.29 is 4.39 Å². The normalized spacial score (nSPS) is 12.1. The summed E-state index contributed by atoms with van der Waals surface area (Å²) in [6.07, 6.45) is 2.96. The van der Waals surface area contributed by atoms with Gasteiger partial charge in [0.05, 0.1) is 0 Å². The summed E-state index contributed by atoms with van der Waals surface area (Å²) in [6.45, 7) is 3.87. The fourth-order valence-electron chi connectivity index (χ4n) is 1.60. The Balaban J connectivity index is 0.00000225. The molecule has 1 aromatic carbocycles. The Morgan fingerprint density at radius 2 is 2.06 bits per heavy atom. The lowest BCUT2D eigenvalue weighted by molar-refractivity contribution is 0.542. The van der Waals surface area contributed by atoms with Gasteiger partial charge < -0.3 is 5.73 Å². The van der Waals surface area contributed by atoms with Crippen LogP contribution in [0.2, 0.25) is 0 Å². The van der Waals surface area contributed by atoms with Crippen LogP contribution >= 0.6 is 28.3 Å². The Labute approximate surface area is 111 Å². The van der Waals surface area contributed by atoms with Crippen molar-refractivity contribution in [3.63, 3.8) is 0 Å². The van der Waals surface area contributed by atoms with Gasteiger partial charge in [0.1, 0.15) is 5.82 Å². The summed E-state index contributed by atoms with van der Waals surface area (Å²) < 4.78 is 14.7. The molecule has 4 heteroatoms. The average Bonchev–Trinajstić information content (AvgIpc) is 2.19. The van der Waals surface area contributed by atoms with Crippen LogP contribution in [0.5, 0.6) is 0 Å². The third-order valence-corrected chi connectivity index (χ3v) is 2.97. The van der Waals surface area contributed by atoms with Crippen LogP contribution in [0.1, 0.15) is 43.4 Å². The quantitative estimate of drug-likeness (QED) is 0.870. The fraction of sp³-hybridized carbons (Fsp3) is 0.500. The molecule has 1 atom stereocenters. The van der Waals surface area contributed by atoms with Crippen molar-refractivity contribution in [2.24, 2.45) is 5.73 Å². The highest BCUT2D eigenvalue weighted by Crippen LogP contribution is 2.26. The Bertz CT molecular complexity index is 344. The lowest BCUT2D eigenvalue weighted by Gasteiger charge is -2.14.